The SMILES string of the molecule is CC(C)OC(=S)Nc1ccc(Cl)c(C(=O)OCc2ccccc2)c1. The average Bonchev–Trinajstić information content (AvgIpc) is 2.54. The maximum Gasteiger partial charge on any atom is 0.340 e. The highest BCUT2D eigenvalue weighted by atomic mass is 35.5. The predicted octanol–water partition coefficient (Wildman–Crippen LogP) is 4.82. The summed E-state index contributed by atoms with van der Waals surface area (Å²) in [4.78, 5) is 12.3. The van der Waals surface area contributed by atoms with Gasteiger partial charge in [-0.05, 0) is 49.8 Å². The Hall–Kier alpha value is -2.11. The average molecular weight is 364 g/mol. The molecule has 0 heterocycles. The molecule has 0 saturated carbocycles. The lowest BCUT2D eigenvalue weighted by Crippen LogP contribution is -2.18. The van der Waals surface area contributed by atoms with Crippen LogP contribution in [0.4, 0.5) is 5.69 Å². The summed E-state index contributed by atoms with van der Waals surface area (Å²) >= 11 is 11.2. The van der Waals surface area contributed by atoms with Gasteiger partial charge >= 0.3 is 5.97 Å². The Morgan fingerprint density at radius 3 is 2.58 bits per heavy atom. The summed E-state index contributed by atoms with van der Waals surface area (Å²) in [5.41, 5.74) is 1.78. The lowest BCUT2D eigenvalue weighted by Gasteiger charge is -2.13. The summed E-state index contributed by atoms with van der Waals surface area (Å²) < 4.78 is 10.7. The molecule has 0 bridgehead atoms. The number of carbonyl (C=O) groups is 1. The van der Waals surface area contributed by atoms with Crippen LogP contribution in [0.2, 0.25) is 5.02 Å². The van der Waals surface area contributed by atoms with E-state index in [9.17, 15) is 4.79 Å². The Kier molecular flexibility index (Phi) is 6.58. The van der Waals surface area contributed by atoms with E-state index >= 15 is 0 Å². The van der Waals surface area contributed by atoms with Crippen LogP contribution in [0.15, 0.2) is 48.5 Å². The van der Waals surface area contributed by atoms with Gasteiger partial charge in [0.1, 0.15) is 6.61 Å². The van der Waals surface area contributed by atoms with Gasteiger partial charge in [0.15, 0.2) is 0 Å². The van der Waals surface area contributed by atoms with E-state index in [-0.39, 0.29) is 23.4 Å². The van der Waals surface area contributed by atoms with E-state index in [0.717, 1.165) is 5.56 Å². The Bertz CT molecular complexity index is 719. The molecule has 0 saturated heterocycles. The summed E-state index contributed by atoms with van der Waals surface area (Å²) in [5.74, 6) is -0.497. The quantitative estimate of drug-likeness (QED) is 0.609. The molecule has 2 aromatic carbocycles. The number of halogens is 1. The van der Waals surface area contributed by atoms with E-state index in [0.29, 0.717) is 10.7 Å². The van der Waals surface area contributed by atoms with Crippen LogP contribution in [-0.2, 0) is 16.1 Å². The van der Waals surface area contributed by atoms with Gasteiger partial charge in [-0.1, -0.05) is 41.9 Å². The number of carbonyl (C=O) groups excluding carboxylic acids is 1. The van der Waals surface area contributed by atoms with Gasteiger partial charge in [-0.2, -0.15) is 0 Å². The van der Waals surface area contributed by atoms with Crippen LogP contribution in [-0.4, -0.2) is 17.2 Å². The summed E-state index contributed by atoms with van der Waals surface area (Å²) in [7, 11) is 0. The summed E-state index contributed by atoms with van der Waals surface area (Å²) in [6.45, 7) is 3.94. The smallest absolute Gasteiger partial charge is 0.340 e. The maximum atomic E-state index is 12.3. The third-order valence-corrected chi connectivity index (χ3v) is 3.52. The maximum absolute atomic E-state index is 12.3. The van der Waals surface area contributed by atoms with Gasteiger partial charge in [-0.25, -0.2) is 4.79 Å². The number of thiocarbonyl (C=S) groups is 1. The van der Waals surface area contributed by atoms with E-state index in [1.807, 2.05) is 44.2 Å². The first-order valence-corrected chi connectivity index (χ1v) is 8.22. The zero-order valence-electron chi connectivity index (χ0n) is 13.4. The molecule has 0 unspecified atom stereocenters. The Morgan fingerprint density at radius 2 is 1.92 bits per heavy atom. The minimum atomic E-state index is -0.497. The molecule has 126 valence electrons. The number of esters is 1. The highest BCUT2D eigenvalue weighted by Crippen LogP contribution is 2.22. The van der Waals surface area contributed by atoms with Crippen molar-refractivity contribution in [1.82, 2.24) is 0 Å². The first kappa shape index (κ1) is 18.2. The van der Waals surface area contributed by atoms with Crippen molar-refractivity contribution in [2.75, 3.05) is 5.32 Å². The lowest BCUT2D eigenvalue weighted by molar-refractivity contribution is 0.0473. The molecule has 2 rings (SSSR count). The lowest BCUT2D eigenvalue weighted by atomic mass is 10.2. The summed E-state index contributed by atoms with van der Waals surface area (Å²) in [6.07, 6.45) is -0.0346. The van der Waals surface area contributed by atoms with Crippen LogP contribution < -0.4 is 5.32 Å². The second-order valence-corrected chi connectivity index (χ2v) is 6.11. The van der Waals surface area contributed by atoms with Crippen molar-refractivity contribution in [1.29, 1.82) is 0 Å². The molecule has 24 heavy (non-hydrogen) atoms. The van der Waals surface area contributed by atoms with Crippen LogP contribution >= 0.6 is 23.8 Å². The van der Waals surface area contributed by atoms with E-state index in [4.69, 9.17) is 33.3 Å². The van der Waals surface area contributed by atoms with E-state index in [2.05, 4.69) is 5.32 Å². The molecule has 0 radical (unpaired) electrons. The van der Waals surface area contributed by atoms with Crippen molar-refractivity contribution in [3.63, 3.8) is 0 Å². The highest BCUT2D eigenvalue weighted by molar-refractivity contribution is 7.80. The minimum Gasteiger partial charge on any atom is -0.468 e. The fraction of sp³-hybridized carbons (Fsp3) is 0.222. The molecule has 0 aliphatic carbocycles. The molecule has 0 amide bonds. The fourth-order valence-electron chi connectivity index (χ4n) is 1.92. The molecule has 6 heteroatoms. The Balaban J connectivity index is 2.04. The number of ether oxygens (including phenoxy) is 2. The van der Waals surface area contributed by atoms with Crippen LogP contribution in [0.3, 0.4) is 0 Å². The normalized spacial score (nSPS) is 10.3. The molecule has 0 spiro atoms. The first-order chi connectivity index (χ1) is 11.5. The standard InChI is InChI=1S/C18H18ClNO3S/c1-12(2)23-18(24)20-14-8-9-16(19)15(10-14)17(21)22-11-13-6-4-3-5-7-13/h3-10,12H,11H2,1-2H3,(H,20,24). The van der Waals surface area contributed by atoms with Crippen LogP contribution in [0, 0.1) is 0 Å². The van der Waals surface area contributed by atoms with Crippen LogP contribution in [0.1, 0.15) is 29.8 Å². The van der Waals surface area contributed by atoms with Crippen molar-refractivity contribution < 1.29 is 14.3 Å². The number of hydrogen-bond donors (Lipinski definition) is 1. The number of hydrogen-bond acceptors (Lipinski definition) is 4. The molecule has 4 nitrogen and oxygen atoms in total. The molecule has 2 aromatic rings. The van der Waals surface area contributed by atoms with Crippen molar-refractivity contribution in [3.05, 3.63) is 64.7 Å². The van der Waals surface area contributed by atoms with Crippen molar-refractivity contribution in [3.8, 4) is 0 Å². The zero-order valence-corrected chi connectivity index (χ0v) is 15.0. The molecule has 0 fully saturated rings. The highest BCUT2D eigenvalue weighted by Gasteiger charge is 2.14. The van der Waals surface area contributed by atoms with Gasteiger partial charge in [-0.15, -0.1) is 0 Å². The van der Waals surface area contributed by atoms with Crippen LogP contribution in [0.25, 0.3) is 0 Å². The molecule has 0 aliphatic heterocycles. The minimum absolute atomic E-state index is 0.0346. The van der Waals surface area contributed by atoms with Crippen LogP contribution in [0.5, 0.6) is 0 Å². The van der Waals surface area contributed by atoms with E-state index in [1.165, 1.54) is 0 Å². The topological polar surface area (TPSA) is 47.6 Å². The van der Waals surface area contributed by atoms with Crippen molar-refractivity contribution in [2.24, 2.45) is 0 Å². The third kappa shape index (κ3) is 5.51. The summed E-state index contributed by atoms with van der Waals surface area (Å²) in [5, 5.41) is 3.46. The molecule has 1 N–H and O–H groups in total. The first-order valence-electron chi connectivity index (χ1n) is 7.44. The summed E-state index contributed by atoms with van der Waals surface area (Å²) in [6, 6.07) is 14.4. The van der Waals surface area contributed by atoms with Gasteiger partial charge in [0.25, 0.3) is 5.17 Å². The molecular weight excluding hydrogens is 346 g/mol. The number of benzene rings is 2. The molecule has 0 aliphatic rings. The van der Waals surface area contributed by atoms with Gasteiger partial charge in [0.2, 0.25) is 0 Å². The monoisotopic (exact) mass is 363 g/mol. The Labute approximate surface area is 151 Å². The largest absolute Gasteiger partial charge is 0.468 e. The molecule has 0 aromatic heterocycles. The van der Waals surface area contributed by atoms with Crippen molar-refractivity contribution >= 4 is 40.7 Å². The second-order valence-electron chi connectivity index (χ2n) is 5.34. The second kappa shape index (κ2) is 8.66. The van der Waals surface area contributed by atoms with E-state index < -0.39 is 5.97 Å². The number of nitrogens with one attached hydrogen (secondary N) is 1. The van der Waals surface area contributed by atoms with Gasteiger partial charge in [-0.3, -0.25) is 0 Å². The molecular formula is C18H18ClNO3S. The van der Waals surface area contributed by atoms with E-state index in [1.54, 1.807) is 18.2 Å². The third-order valence-electron chi connectivity index (χ3n) is 2.99. The molecule has 0 atom stereocenters. The fourth-order valence-corrected chi connectivity index (χ4v) is 2.43. The Morgan fingerprint density at radius 1 is 1.21 bits per heavy atom. The number of rotatable bonds is 5. The van der Waals surface area contributed by atoms with Crippen molar-refractivity contribution in [2.45, 2.75) is 26.6 Å². The zero-order chi connectivity index (χ0) is 17.5. The predicted molar refractivity (Wildman–Crippen MR) is 99.5 cm³/mol. The van der Waals surface area contributed by atoms with Gasteiger partial charge in [0, 0.05) is 5.69 Å². The van der Waals surface area contributed by atoms with Gasteiger partial charge in [0.05, 0.1) is 16.7 Å². The number of anilines is 1. The van der Waals surface area contributed by atoms with Gasteiger partial charge < -0.3 is 14.8 Å².